The lowest BCUT2D eigenvalue weighted by Crippen LogP contribution is -2.44. The summed E-state index contributed by atoms with van der Waals surface area (Å²) < 4.78 is 117. The molecule has 0 bridgehead atoms. The van der Waals surface area contributed by atoms with Crippen molar-refractivity contribution in [1.82, 2.24) is 9.88 Å². The summed E-state index contributed by atoms with van der Waals surface area (Å²) in [5, 5.41) is 1.57. The lowest BCUT2D eigenvalue weighted by molar-refractivity contribution is -0.186. The Balaban J connectivity index is 1.53. The highest BCUT2D eigenvalue weighted by Crippen LogP contribution is 2.47. The van der Waals surface area contributed by atoms with E-state index in [1.165, 1.54) is 17.6 Å². The number of fused-ring (bicyclic) bond motifs is 1. The molecule has 1 aromatic heterocycles. The van der Waals surface area contributed by atoms with Gasteiger partial charge in [0, 0.05) is 35.2 Å². The van der Waals surface area contributed by atoms with Crippen LogP contribution in [0.1, 0.15) is 35.9 Å². The number of anilines is 1. The number of nitrogens with one attached hydrogen (secondary N) is 1. The van der Waals surface area contributed by atoms with Crippen molar-refractivity contribution in [3.63, 3.8) is 0 Å². The summed E-state index contributed by atoms with van der Waals surface area (Å²) in [5.41, 5.74) is 0.530. The van der Waals surface area contributed by atoms with Gasteiger partial charge in [0.1, 0.15) is 16.5 Å². The number of piperidine rings is 1. The summed E-state index contributed by atoms with van der Waals surface area (Å²) in [6.45, 7) is -0.0869. The van der Waals surface area contributed by atoms with E-state index in [1.807, 2.05) is 0 Å². The molecule has 0 radical (unpaired) electrons. The van der Waals surface area contributed by atoms with Gasteiger partial charge in [0.25, 0.3) is 10.0 Å². The predicted octanol–water partition coefficient (Wildman–Crippen LogP) is 5.85. The maximum Gasteiger partial charge on any atom is 0.391 e. The minimum atomic E-state index is -4.38. The molecule has 0 aliphatic carbocycles. The molecule has 2 aliphatic heterocycles. The monoisotopic (exact) mass is 577 g/mol. The fraction of sp³-hybridized carbons (Fsp3) is 0.375. The molecule has 14 heteroatoms. The van der Waals surface area contributed by atoms with Crippen LogP contribution in [-0.2, 0) is 10.0 Å². The molecule has 2 atom stereocenters. The third-order valence-corrected chi connectivity index (χ3v) is 9.06. The molecule has 38 heavy (non-hydrogen) atoms. The summed E-state index contributed by atoms with van der Waals surface area (Å²) in [6.07, 6.45) is -3.35. The first-order chi connectivity index (χ1) is 17.9. The van der Waals surface area contributed by atoms with E-state index in [4.69, 9.17) is 4.74 Å². The second-order valence-electron chi connectivity index (χ2n) is 9.15. The van der Waals surface area contributed by atoms with Gasteiger partial charge in [-0.2, -0.15) is 13.2 Å². The van der Waals surface area contributed by atoms with Gasteiger partial charge in [-0.05, 0) is 49.7 Å². The maximum absolute atomic E-state index is 15.3. The van der Waals surface area contributed by atoms with Crippen LogP contribution in [-0.4, -0.2) is 44.2 Å². The Labute approximate surface area is 218 Å². The molecule has 2 aliphatic rings. The number of likely N-dealkylation sites (tertiary alicyclic amines) is 1. The van der Waals surface area contributed by atoms with E-state index in [2.05, 4.69) is 9.71 Å². The Morgan fingerprint density at radius 1 is 1.03 bits per heavy atom. The largest absolute Gasteiger partial charge is 0.492 e. The van der Waals surface area contributed by atoms with Gasteiger partial charge in [-0.25, -0.2) is 26.6 Å². The minimum absolute atomic E-state index is 0.0156. The highest BCUT2D eigenvalue weighted by molar-refractivity contribution is 7.93. The Morgan fingerprint density at radius 2 is 1.76 bits per heavy atom. The SMILES string of the molecule is O=S(=O)(Nc1nccs1)c1cc2c(cc1F)[C@@H](N1CCC(C(F)(F)F)CC1)C(c1ccc(F)c(F)c1)CO2. The lowest BCUT2D eigenvalue weighted by Gasteiger charge is -2.44. The molecule has 6 nitrogen and oxygen atoms in total. The number of thiazole rings is 1. The van der Waals surface area contributed by atoms with Crippen molar-refractivity contribution in [2.24, 2.45) is 5.92 Å². The van der Waals surface area contributed by atoms with Gasteiger partial charge in [0.15, 0.2) is 16.8 Å². The first kappa shape index (κ1) is 26.8. The summed E-state index contributed by atoms with van der Waals surface area (Å²) in [5.74, 6) is -5.41. The standard InChI is InChI=1S/C24H21F6N3O3S2/c25-17-2-1-13(9-18(17)26)16-12-36-20-11-21(38(34,35)32-23-31-5-8-37-23)19(27)10-15(20)22(16)33-6-3-14(4-7-33)24(28,29)30/h1-2,5,8-11,14,16,22H,3-4,6-7,12H2,(H,31,32)/t16?,22-/m1/s1. The third kappa shape index (κ3) is 5.21. The van der Waals surface area contributed by atoms with Gasteiger partial charge in [0.2, 0.25) is 0 Å². The number of benzene rings is 2. The van der Waals surface area contributed by atoms with Crippen LogP contribution in [0.3, 0.4) is 0 Å². The van der Waals surface area contributed by atoms with Crippen LogP contribution in [0.2, 0.25) is 0 Å². The van der Waals surface area contributed by atoms with Crippen LogP contribution in [0.15, 0.2) is 46.8 Å². The van der Waals surface area contributed by atoms with E-state index < -0.39 is 56.4 Å². The molecule has 3 heterocycles. The number of rotatable bonds is 5. The van der Waals surface area contributed by atoms with E-state index in [1.54, 1.807) is 4.90 Å². The molecule has 5 rings (SSSR count). The van der Waals surface area contributed by atoms with Crippen LogP contribution in [0.5, 0.6) is 5.75 Å². The topological polar surface area (TPSA) is 71.5 Å². The molecule has 0 saturated carbocycles. The third-order valence-electron chi connectivity index (χ3n) is 6.88. The quantitative estimate of drug-likeness (QED) is 0.385. The Hall–Kier alpha value is -2.84. The lowest BCUT2D eigenvalue weighted by atomic mass is 9.82. The van der Waals surface area contributed by atoms with E-state index in [9.17, 15) is 30.4 Å². The summed E-state index contributed by atoms with van der Waals surface area (Å²) in [4.78, 5) is 4.87. The number of alkyl halides is 3. The predicted molar refractivity (Wildman–Crippen MR) is 127 cm³/mol. The first-order valence-electron chi connectivity index (χ1n) is 11.6. The Bertz CT molecular complexity index is 1420. The smallest absolute Gasteiger partial charge is 0.391 e. The molecule has 2 aromatic carbocycles. The van der Waals surface area contributed by atoms with E-state index >= 15 is 4.39 Å². The first-order valence-corrected chi connectivity index (χ1v) is 13.9. The molecule has 1 saturated heterocycles. The van der Waals surface area contributed by atoms with Crippen LogP contribution in [0, 0.1) is 23.4 Å². The van der Waals surface area contributed by atoms with Crippen molar-refractivity contribution in [2.45, 2.75) is 35.9 Å². The van der Waals surface area contributed by atoms with Crippen LogP contribution < -0.4 is 9.46 Å². The van der Waals surface area contributed by atoms with Gasteiger partial charge in [-0.15, -0.1) is 11.3 Å². The van der Waals surface area contributed by atoms with Crippen molar-refractivity contribution in [1.29, 1.82) is 0 Å². The number of ether oxygens (including phenoxy) is 1. The molecular weight excluding hydrogens is 556 g/mol. The average molecular weight is 578 g/mol. The molecule has 3 aromatic rings. The van der Waals surface area contributed by atoms with E-state index in [0.717, 1.165) is 35.6 Å². The van der Waals surface area contributed by atoms with Gasteiger partial charge >= 0.3 is 6.18 Å². The maximum atomic E-state index is 15.3. The number of hydrogen-bond acceptors (Lipinski definition) is 6. The van der Waals surface area contributed by atoms with Crippen LogP contribution in [0.4, 0.5) is 31.5 Å². The normalized spacial score (nSPS) is 21.1. The van der Waals surface area contributed by atoms with Crippen molar-refractivity contribution < 1.29 is 39.5 Å². The summed E-state index contributed by atoms with van der Waals surface area (Å²) in [7, 11) is -4.38. The molecule has 204 valence electrons. The van der Waals surface area contributed by atoms with Gasteiger partial charge in [-0.1, -0.05) is 6.07 Å². The fourth-order valence-corrected chi connectivity index (χ4v) is 6.89. The minimum Gasteiger partial charge on any atom is -0.492 e. The second kappa shape index (κ2) is 10.0. The van der Waals surface area contributed by atoms with Crippen LogP contribution >= 0.6 is 11.3 Å². The summed E-state index contributed by atoms with van der Waals surface area (Å²) in [6, 6.07) is 4.51. The van der Waals surface area contributed by atoms with Crippen LogP contribution in [0.25, 0.3) is 0 Å². The molecular formula is C24H21F6N3O3S2. The second-order valence-corrected chi connectivity index (χ2v) is 11.7. The van der Waals surface area contributed by atoms with Gasteiger partial charge in [-0.3, -0.25) is 9.62 Å². The van der Waals surface area contributed by atoms with E-state index in [0.29, 0.717) is 5.56 Å². The molecule has 0 spiro atoms. The number of nitrogens with zero attached hydrogens (tertiary/aromatic N) is 2. The average Bonchev–Trinajstić information content (AvgIpc) is 3.36. The zero-order valence-electron chi connectivity index (χ0n) is 19.5. The summed E-state index contributed by atoms with van der Waals surface area (Å²) >= 11 is 1.00. The molecule has 0 amide bonds. The molecule has 1 unspecified atom stereocenters. The highest BCUT2D eigenvalue weighted by Gasteiger charge is 2.45. The van der Waals surface area contributed by atoms with Crippen molar-refractivity contribution in [3.8, 4) is 5.75 Å². The Morgan fingerprint density at radius 3 is 2.39 bits per heavy atom. The van der Waals surface area contributed by atoms with Crippen molar-refractivity contribution >= 4 is 26.5 Å². The van der Waals surface area contributed by atoms with Gasteiger partial charge < -0.3 is 4.74 Å². The Kier molecular flexibility index (Phi) is 7.07. The van der Waals surface area contributed by atoms with E-state index in [-0.39, 0.29) is 49.0 Å². The zero-order valence-corrected chi connectivity index (χ0v) is 21.1. The number of hydrogen-bond donors (Lipinski definition) is 1. The number of aromatic nitrogens is 1. The van der Waals surface area contributed by atoms with Crippen molar-refractivity contribution in [3.05, 3.63) is 70.5 Å². The zero-order chi connectivity index (χ0) is 27.2. The number of halogens is 6. The molecule has 1 fully saturated rings. The van der Waals surface area contributed by atoms with Gasteiger partial charge in [0.05, 0.1) is 12.5 Å². The molecule has 1 N–H and O–H groups in total. The fourth-order valence-electron chi connectivity index (χ4n) is 5.02. The highest BCUT2D eigenvalue weighted by atomic mass is 32.2. The number of sulfonamides is 1. The van der Waals surface area contributed by atoms with Crippen molar-refractivity contribution in [2.75, 3.05) is 24.4 Å².